The second-order valence-corrected chi connectivity index (χ2v) is 7.71. The van der Waals surface area contributed by atoms with Gasteiger partial charge >= 0.3 is 6.36 Å². The van der Waals surface area contributed by atoms with E-state index in [1.807, 2.05) is 0 Å². The molecule has 1 N–H and O–H groups in total. The summed E-state index contributed by atoms with van der Waals surface area (Å²) in [6.45, 7) is 2.19. The summed E-state index contributed by atoms with van der Waals surface area (Å²) in [6, 6.07) is 9.72. The molecule has 0 unspecified atom stereocenters. The minimum atomic E-state index is -4.75. The first-order valence-electron chi connectivity index (χ1n) is 10.1. The summed E-state index contributed by atoms with van der Waals surface area (Å²) in [6.07, 6.45) is -3.08. The standard InChI is InChI=1S/C22H16F4N6O2/c1-12-19-17-8-14(23)4-7-18(17)32(20(19)21(33)29-27-12)11-15-10-31(30-28-15)9-13-2-5-16(6-3-13)34-22(24,25)26/h2-8,10H,9,11H2,1H3,(H,29,33). The van der Waals surface area contributed by atoms with Crippen molar-refractivity contribution in [1.82, 2.24) is 29.8 Å². The van der Waals surface area contributed by atoms with Crippen molar-refractivity contribution < 1.29 is 22.3 Å². The number of aryl methyl sites for hydroxylation is 1. The molecule has 0 spiro atoms. The lowest BCUT2D eigenvalue weighted by atomic mass is 10.1. The van der Waals surface area contributed by atoms with Gasteiger partial charge in [0.1, 0.15) is 22.8 Å². The average Bonchev–Trinajstić information content (AvgIpc) is 3.34. The number of fused-ring (bicyclic) bond motifs is 3. The number of alkyl halides is 3. The van der Waals surface area contributed by atoms with Crippen LogP contribution in [0.3, 0.4) is 0 Å². The van der Waals surface area contributed by atoms with Crippen molar-refractivity contribution in [3.63, 3.8) is 0 Å². The van der Waals surface area contributed by atoms with Crippen molar-refractivity contribution >= 4 is 21.8 Å². The summed E-state index contributed by atoms with van der Waals surface area (Å²) in [4.78, 5) is 12.6. The van der Waals surface area contributed by atoms with E-state index in [2.05, 4.69) is 25.2 Å². The minimum absolute atomic E-state index is 0.191. The molecule has 0 saturated heterocycles. The maximum absolute atomic E-state index is 13.9. The Morgan fingerprint density at radius 1 is 1.09 bits per heavy atom. The zero-order chi connectivity index (χ0) is 24.0. The van der Waals surface area contributed by atoms with Crippen LogP contribution in [0.1, 0.15) is 17.0 Å². The molecule has 0 aliphatic rings. The highest BCUT2D eigenvalue weighted by atomic mass is 19.4. The van der Waals surface area contributed by atoms with Crippen molar-refractivity contribution in [2.24, 2.45) is 0 Å². The quantitative estimate of drug-likeness (QED) is 0.392. The van der Waals surface area contributed by atoms with Crippen molar-refractivity contribution in [1.29, 1.82) is 0 Å². The third-order valence-corrected chi connectivity index (χ3v) is 5.34. The Bertz CT molecular complexity index is 1570. The van der Waals surface area contributed by atoms with E-state index >= 15 is 0 Å². The largest absolute Gasteiger partial charge is 0.573 e. The van der Waals surface area contributed by atoms with Crippen LogP contribution in [0.2, 0.25) is 0 Å². The first-order valence-corrected chi connectivity index (χ1v) is 10.1. The van der Waals surface area contributed by atoms with E-state index in [1.54, 1.807) is 23.8 Å². The number of aromatic nitrogens is 6. The highest BCUT2D eigenvalue weighted by molar-refractivity contribution is 6.08. The van der Waals surface area contributed by atoms with Gasteiger partial charge in [-0.05, 0) is 42.8 Å². The molecule has 174 valence electrons. The second kappa shape index (κ2) is 7.97. The SMILES string of the molecule is Cc1n[nH]c(=O)c2c1c1cc(F)ccc1n2Cc1cn(Cc2ccc(OC(F)(F)F)cc2)nn1. The smallest absolute Gasteiger partial charge is 0.406 e. The van der Waals surface area contributed by atoms with Gasteiger partial charge in [-0.15, -0.1) is 18.3 Å². The molecule has 5 rings (SSSR count). The van der Waals surface area contributed by atoms with Gasteiger partial charge < -0.3 is 9.30 Å². The predicted octanol–water partition coefficient (Wildman–Crippen LogP) is 3.91. The van der Waals surface area contributed by atoms with Crippen LogP contribution in [-0.2, 0) is 13.1 Å². The predicted molar refractivity (Wildman–Crippen MR) is 114 cm³/mol. The Balaban J connectivity index is 1.44. The van der Waals surface area contributed by atoms with Crippen LogP contribution in [-0.4, -0.2) is 36.1 Å². The van der Waals surface area contributed by atoms with E-state index in [4.69, 9.17) is 0 Å². The van der Waals surface area contributed by atoms with Gasteiger partial charge in [-0.1, -0.05) is 17.3 Å². The Labute approximate surface area is 188 Å². The molecule has 12 heteroatoms. The summed E-state index contributed by atoms with van der Waals surface area (Å²) in [5.41, 5.74) is 2.37. The van der Waals surface area contributed by atoms with Crippen LogP contribution >= 0.6 is 0 Å². The Morgan fingerprint density at radius 2 is 1.85 bits per heavy atom. The topological polar surface area (TPSA) is 90.6 Å². The van der Waals surface area contributed by atoms with E-state index in [0.717, 1.165) is 0 Å². The highest BCUT2D eigenvalue weighted by Gasteiger charge is 2.31. The first kappa shape index (κ1) is 21.6. The van der Waals surface area contributed by atoms with E-state index in [-0.39, 0.29) is 18.8 Å². The second-order valence-electron chi connectivity index (χ2n) is 7.71. The van der Waals surface area contributed by atoms with E-state index < -0.39 is 17.7 Å². The average molecular weight is 472 g/mol. The number of nitrogens with one attached hydrogen (secondary N) is 1. The lowest BCUT2D eigenvalue weighted by molar-refractivity contribution is -0.274. The number of halogens is 4. The van der Waals surface area contributed by atoms with Gasteiger partial charge in [-0.25, -0.2) is 14.2 Å². The summed E-state index contributed by atoms with van der Waals surface area (Å²) >= 11 is 0. The number of ether oxygens (including phenoxy) is 1. The first-order chi connectivity index (χ1) is 16.2. The minimum Gasteiger partial charge on any atom is -0.406 e. The van der Waals surface area contributed by atoms with Crippen molar-refractivity contribution in [3.8, 4) is 5.75 Å². The molecule has 0 saturated carbocycles. The summed E-state index contributed by atoms with van der Waals surface area (Å²) < 4.78 is 58.0. The van der Waals surface area contributed by atoms with Crippen LogP contribution in [0, 0.1) is 12.7 Å². The molecule has 0 fully saturated rings. The number of H-pyrrole nitrogens is 1. The van der Waals surface area contributed by atoms with Gasteiger partial charge in [-0.3, -0.25) is 4.79 Å². The van der Waals surface area contributed by atoms with Gasteiger partial charge in [0.05, 0.1) is 25.0 Å². The van der Waals surface area contributed by atoms with E-state index in [1.165, 1.54) is 41.1 Å². The normalized spacial score (nSPS) is 12.0. The molecule has 3 aromatic heterocycles. The molecule has 0 radical (unpaired) electrons. The Morgan fingerprint density at radius 3 is 2.59 bits per heavy atom. The molecule has 0 aliphatic heterocycles. The molecule has 2 aromatic carbocycles. The van der Waals surface area contributed by atoms with Gasteiger partial charge in [0.2, 0.25) is 0 Å². The van der Waals surface area contributed by atoms with Gasteiger partial charge in [0.25, 0.3) is 5.56 Å². The number of nitrogens with zero attached hydrogens (tertiary/aromatic N) is 5. The monoisotopic (exact) mass is 472 g/mol. The van der Waals surface area contributed by atoms with Crippen molar-refractivity contribution in [2.45, 2.75) is 26.4 Å². The third-order valence-electron chi connectivity index (χ3n) is 5.34. The lowest BCUT2D eigenvalue weighted by Crippen LogP contribution is -2.17. The molecule has 0 amide bonds. The summed E-state index contributed by atoms with van der Waals surface area (Å²) in [5, 5.41) is 15.8. The fourth-order valence-corrected chi connectivity index (χ4v) is 3.97. The molecular formula is C22H16F4N6O2. The van der Waals surface area contributed by atoms with Gasteiger partial charge in [-0.2, -0.15) is 5.10 Å². The number of hydrogen-bond donors (Lipinski definition) is 1. The maximum Gasteiger partial charge on any atom is 0.573 e. The van der Waals surface area contributed by atoms with Crippen LogP contribution in [0.5, 0.6) is 5.75 Å². The molecule has 0 aliphatic carbocycles. The maximum atomic E-state index is 13.9. The lowest BCUT2D eigenvalue weighted by Gasteiger charge is -2.09. The van der Waals surface area contributed by atoms with Crippen LogP contribution in [0.4, 0.5) is 17.6 Å². The van der Waals surface area contributed by atoms with Crippen LogP contribution < -0.4 is 10.3 Å². The Hall–Kier alpha value is -4.22. The number of rotatable bonds is 5. The zero-order valence-corrected chi connectivity index (χ0v) is 17.6. The zero-order valence-electron chi connectivity index (χ0n) is 17.6. The molecule has 34 heavy (non-hydrogen) atoms. The molecule has 0 atom stereocenters. The Kier molecular flexibility index (Phi) is 5.07. The van der Waals surface area contributed by atoms with Gasteiger partial charge in [0, 0.05) is 16.3 Å². The molecule has 0 bridgehead atoms. The van der Waals surface area contributed by atoms with Crippen LogP contribution in [0.25, 0.3) is 21.8 Å². The van der Waals surface area contributed by atoms with Gasteiger partial charge in [0.15, 0.2) is 0 Å². The number of benzene rings is 2. The third kappa shape index (κ3) is 4.09. The van der Waals surface area contributed by atoms with Crippen LogP contribution in [0.15, 0.2) is 53.5 Å². The fraction of sp³-hybridized carbons (Fsp3) is 0.182. The van der Waals surface area contributed by atoms with E-state index in [9.17, 15) is 22.4 Å². The van der Waals surface area contributed by atoms with Crippen molar-refractivity contribution in [3.05, 3.63) is 81.8 Å². The number of aromatic amines is 1. The van der Waals surface area contributed by atoms with Crippen molar-refractivity contribution in [2.75, 3.05) is 0 Å². The summed E-state index contributed by atoms with van der Waals surface area (Å²) in [5.74, 6) is -0.739. The molecule has 5 aromatic rings. The highest BCUT2D eigenvalue weighted by Crippen LogP contribution is 2.29. The number of hydrogen-bond acceptors (Lipinski definition) is 5. The summed E-state index contributed by atoms with van der Waals surface area (Å²) in [7, 11) is 0. The van der Waals surface area contributed by atoms with E-state index in [0.29, 0.717) is 38.8 Å². The molecule has 3 heterocycles. The molecule has 8 nitrogen and oxygen atoms in total. The fourth-order valence-electron chi connectivity index (χ4n) is 3.97. The molecular weight excluding hydrogens is 456 g/mol.